The minimum Gasteiger partial charge on any atom is -0.462 e. The Hall–Kier alpha value is -5.26. The zero-order valence-corrected chi connectivity index (χ0v) is 81.9. The van der Waals surface area contributed by atoms with Crippen LogP contribution in [-0.2, 0) is 57.6 Å². The van der Waals surface area contributed by atoms with E-state index in [0.29, 0.717) is 13.2 Å². The molecule has 0 spiro atoms. The molecule has 8 aromatic heterocycles. The lowest BCUT2D eigenvalue weighted by Gasteiger charge is -2.03. The molecule has 0 N–H and O–H groups in total. The zero-order valence-electron chi connectivity index (χ0n) is 75.3. The Morgan fingerprint density at radius 3 is 0.708 bits per heavy atom. The van der Waals surface area contributed by atoms with E-state index in [-0.39, 0.29) is 11.1 Å². The zero-order chi connectivity index (χ0) is 84.7. The SMILES string of the molecule is CCCCCCCCOC(=O)C(C#N)=Cc1cc(CCCCCCCC)c(-c2cc(CCCCCCCC)c(-c3cc(CCCCCCCC)c(-c4cc5cc6sc(-c7sc(-c8sc(-c9sc(C=C(C#N)C(=O)OCCCCCCCC)cc9CCCCCCCC)cc8CCCCCCCC)cc7CCCCCCCC)cc6cc5s4)s3)s2)s1. The molecule has 654 valence electrons. The summed E-state index contributed by atoms with van der Waals surface area (Å²) in [6.07, 6.45) is 68.2. The summed E-state index contributed by atoms with van der Waals surface area (Å²) in [5, 5.41) is 23.6. The van der Waals surface area contributed by atoms with Gasteiger partial charge in [0.15, 0.2) is 0 Å². The lowest BCUT2D eigenvalue weighted by molar-refractivity contribution is -0.139. The number of hydrogen-bond acceptors (Lipinski definition) is 14. The minimum absolute atomic E-state index is 0.0874. The smallest absolute Gasteiger partial charge is 0.348 e. The van der Waals surface area contributed by atoms with Crippen molar-refractivity contribution >= 4 is 135 Å². The van der Waals surface area contributed by atoms with E-state index in [1.807, 2.05) is 80.2 Å². The van der Waals surface area contributed by atoms with Gasteiger partial charge in [-0.1, -0.05) is 312 Å². The molecule has 0 radical (unpaired) electrons. The fourth-order valence-electron chi connectivity index (χ4n) is 16.7. The van der Waals surface area contributed by atoms with Crippen LogP contribution >= 0.6 is 90.7 Å². The van der Waals surface area contributed by atoms with E-state index in [4.69, 9.17) is 9.47 Å². The highest BCUT2D eigenvalue weighted by atomic mass is 32.1. The normalized spacial score (nSPS) is 12.0. The van der Waals surface area contributed by atoms with Crippen molar-refractivity contribution < 1.29 is 19.1 Å². The third-order valence-corrected chi connectivity index (χ3v) is 34.1. The number of rotatable bonds is 66. The summed E-state index contributed by atoms with van der Waals surface area (Å²) in [5.41, 5.74) is 8.76. The van der Waals surface area contributed by atoms with Gasteiger partial charge < -0.3 is 9.47 Å². The van der Waals surface area contributed by atoms with Gasteiger partial charge in [-0.05, 0) is 207 Å². The van der Waals surface area contributed by atoms with Crippen molar-refractivity contribution in [1.82, 2.24) is 0 Å². The van der Waals surface area contributed by atoms with E-state index < -0.39 is 11.9 Å². The van der Waals surface area contributed by atoms with E-state index in [0.717, 1.165) is 99.6 Å². The molecule has 0 aliphatic heterocycles. The molecule has 0 saturated heterocycles. The van der Waals surface area contributed by atoms with Gasteiger partial charge in [0, 0.05) is 77.7 Å². The second-order valence-corrected chi connectivity index (χ2v) is 42.8. The average molecular weight is 1770 g/mol. The van der Waals surface area contributed by atoms with Crippen LogP contribution < -0.4 is 0 Å². The number of benzene rings is 1. The number of esters is 2. The lowest BCUT2D eigenvalue weighted by Crippen LogP contribution is -2.07. The van der Waals surface area contributed by atoms with Crippen molar-refractivity contribution in [1.29, 1.82) is 10.5 Å². The number of thiophene rings is 8. The van der Waals surface area contributed by atoms with E-state index in [1.165, 1.54) is 369 Å². The molecule has 0 atom stereocenters. The molecular weight excluding hydrogens is 1620 g/mol. The molecule has 0 amide bonds. The number of carbonyl (C=O) groups excluding carboxylic acids is 2. The molecule has 0 unspecified atom stereocenters. The number of aryl methyl sites for hydroxylation is 6. The van der Waals surface area contributed by atoms with Gasteiger partial charge in [0.1, 0.15) is 23.3 Å². The highest BCUT2D eigenvalue weighted by Crippen LogP contribution is 2.53. The Bertz CT molecular complexity index is 4250. The number of nitriles is 2. The highest BCUT2D eigenvalue weighted by Gasteiger charge is 2.26. The van der Waals surface area contributed by atoms with Crippen LogP contribution in [0.25, 0.3) is 90.9 Å². The first kappa shape index (κ1) is 98.5. The second-order valence-electron chi connectivity index (χ2n) is 34.3. The van der Waals surface area contributed by atoms with Gasteiger partial charge in [-0.25, -0.2) is 9.59 Å². The molecular formula is C106H148N2O4S8. The largest absolute Gasteiger partial charge is 0.462 e. The number of ether oxygens (including phenoxy) is 2. The first-order valence-electron chi connectivity index (χ1n) is 48.3. The van der Waals surface area contributed by atoms with Gasteiger partial charge in [0.05, 0.1) is 13.2 Å². The molecule has 9 rings (SSSR count). The topological polar surface area (TPSA) is 100 Å². The number of carbonyl (C=O) groups is 2. The average Bonchev–Trinajstić information content (AvgIpc) is 1.61. The van der Waals surface area contributed by atoms with Crippen LogP contribution in [0.3, 0.4) is 0 Å². The number of hydrogen-bond donors (Lipinski definition) is 0. The van der Waals surface area contributed by atoms with Crippen molar-refractivity contribution in [3.63, 3.8) is 0 Å². The predicted molar refractivity (Wildman–Crippen MR) is 535 cm³/mol. The predicted octanol–water partition coefficient (Wildman–Crippen LogP) is 37.5. The monoisotopic (exact) mass is 1770 g/mol. The van der Waals surface area contributed by atoms with Crippen LogP contribution in [0.5, 0.6) is 0 Å². The fraction of sp³-hybridized carbons (Fsp3) is 0.604. The maximum atomic E-state index is 13.5. The number of fused-ring (bicyclic) bond motifs is 2. The summed E-state index contributed by atoms with van der Waals surface area (Å²) in [4.78, 5) is 45.5. The molecule has 0 saturated carbocycles. The van der Waals surface area contributed by atoms with E-state index >= 15 is 0 Å². The maximum Gasteiger partial charge on any atom is 0.348 e. The molecule has 9 aromatic rings. The van der Waals surface area contributed by atoms with Gasteiger partial charge in [-0.15, -0.1) is 90.7 Å². The molecule has 1 aromatic carbocycles. The summed E-state index contributed by atoms with van der Waals surface area (Å²) < 4.78 is 14.2. The van der Waals surface area contributed by atoms with Crippen molar-refractivity contribution in [2.75, 3.05) is 13.2 Å². The number of nitrogens with zero attached hydrogens (tertiary/aromatic N) is 2. The number of unbranched alkanes of at least 4 members (excludes halogenated alkanes) is 40. The van der Waals surface area contributed by atoms with Crippen LogP contribution in [0.1, 0.15) is 407 Å². The van der Waals surface area contributed by atoms with Crippen molar-refractivity contribution in [3.05, 3.63) is 115 Å². The molecule has 0 fully saturated rings. The molecule has 0 aliphatic rings. The van der Waals surface area contributed by atoms with E-state index in [9.17, 15) is 20.1 Å². The fourth-order valence-corrected chi connectivity index (χ4v) is 26.9. The van der Waals surface area contributed by atoms with Crippen molar-refractivity contribution in [3.8, 4) is 70.7 Å². The molecule has 6 nitrogen and oxygen atoms in total. The summed E-state index contributed by atoms with van der Waals surface area (Å²) in [7, 11) is 0. The molecule has 14 heteroatoms. The van der Waals surface area contributed by atoms with Crippen LogP contribution in [0.15, 0.2) is 71.8 Å². The molecule has 0 aliphatic carbocycles. The van der Waals surface area contributed by atoms with Crippen LogP contribution in [0.2, 0.25) is 0 Å². The molecule has 120 heavy (non-hydrogen) atoms. The van der Waals surface area contributed by atoms with Crippen molar-refractivity contribution in [2.45, 2.75) is 402 Å². The lowest BCUT2D eigenvalue weighted by atomic mass is 10.0. The van der Waals surface area contributed by atoms with Gasteiger partial charge in [0.2, 0.25) is 0 Å². The highest BCUT2D eigenvalue weighted by molar-refractivity contribution is 7.31. The first-order valence-corrected chi connectivity index (χ1v) is 54.8. The Morgan fingerprint density at radius 1 is 0.258 bits per heavy atom. The molecule has 0 bridgehead atoms. The Morgan fingerprint density at radius 2 is 0.467 bits per heavy atom. The third kappa shape index (κ3) is 32.3. The Labute approximate surface area is 758 Å². The Kier molecular flexibility index (Phi) is 47.1. The van der Waals surface area contributed by atoms with Crippen molar-refractivity contribution in [2.24, 2.45) is 0 Å². The third-order valence-electron chi connectivity index (χ3n) is 23.9. The van der Waals surface area contributed by atoms with E-state index in [1.54, 1.807) is 22.7 Å². The second kappa shape index (κ2) is 57.4. The summed E-state index contributed by atoms with van der Waals surface area (Å²) >= 11 is 15.5. The van der Waals surface area contributed by atoms with Gasteiger partial charge in [-0.2, -0.15) is 10.5 Å². The Balaban J connectivity index is 1.08. The van der Waals surface area contributed by atoms with Gasteiger partial charge in [0.25, 0.3) is 0 Å². The van der Waals surface area contributed by atoms with Gasteiger partial charge in [-0.3, -0.25) is 0 Å². The van der Waals surface area contributed by atoms with Crippen LogP contribution in [-0.4, -0.2) is 25.2 Å². The molecule has 8 heterocycles. The summed E-state index contributed by atoms with van der Waals surface area (Å²) in [6, 6.07) is 29.5. The quantitative estimate of drug-likeness (QED) is 0.0163. The van der Waals surface area contributed by atoms with Gasteiger partial charge >= 0.3 is 11.9 Å². The first-order chi connectivity index (χ1) is 59.0. The van der Waals surface area contributed by atoms with E-state index in [2.05, 4.69) is 128 Å². The summed E-state index contributed by atoms with van der Waals surface area (Å²) in [6.45, 7) is 19.0. The standard InChI is InChI=1S/C106H148N2O4S8/c1-9-17-25-33-41-49-57-79-65-89(67-87(77-107)105(109)111-63-55-47-39-31-23-15-7)113-99(79)95-69-83(61-53-45-37-29-21-13-5)103(117-95)97-71-81(59-51-43-35-27-19-11-3)101(119-97)93-75-85-73-92-86(74-91(85)115-93)76-94(116-92)102-82(60-52-44-36-28-20-12-4)72-98(120-102)104-84(62-54-46-38-30-22-14-6)70-96(118-104)100-80(58-50-42-34-26-18-10-2)66-90(114-100)68-88(78-108)106(110)112-64-56-48-40-32-24-16-8/h65-76H,9-64H2,1-8H3. The maximum absolute atomic E-state index is 13.5. The summed E-state index contributed by atoms with van der Waals surface area (Å²) in [5.74, 6) is -1.02. The van der Waals surface area contributed by atoms with Crippen LogP contribution in [0, 0.1) is 22.7 Å². The minimum atomic E-state index is -0.508. The van der Waals surface area contributed by atoms with Crippen LogP contribution in [0.4, 0.5) is 0 Å².